The van der Waals surface area contributed by atoms with E-state index in [1.165, 1.54) is 11.8 Å². The van der Waals surface area contributed by atoms with Crippen molar-refractivity contribution in [2.75, 3.05) is 6.61 Å². The molecule has 0 saturated carbocycles. The Balaban J connectivity index is 1.51. The van der Waals surface area contributed by atoms with Crippen LogP contribution in [0.5, 0.6) is 5.75 Å². The molecule has 0 amide bonds. The normalized spacial score (nSPS) is 10.9. The van der Waals surface area contributed by atoms with Crippen molar-refractivity contribution in [1.29, 1.82) is 0 Å². The van der Waals surface area contributed by atoms with Crippen LogP contribution in [0.4, 0.5) is 0 Å². The highest BCUT2D eigenvalue weighted by atomic mass is 32.2. The minimum atomic E-state index is 0.572. The van der Waals surface area contributed by atoms with Gasteiger partial charge in [-0.15, -0.1) is 5.10 Å². The molecule has 0 fully saturated rings. The summed E-state index contributed by atoms with van der Waals surface area (Å²) < 4.78 is 12.9. The zero-order valence-corrected chi connectivity index (χ0v) is 15.5. The lowest BCUT2D eigenvalue weighted by Gasteiger charge is -2.10. The second-order valence-corrected chi connectivity index (χ2v) is 6.52. The van der Waals surface area contributed by atoms with Gasteiger partial charge in [0, 0.05) is 11.3 Å². The maximum atomic E-state index is 5.68. The van der Waals surface area contributed by atoms with Crippen LogP contribution < -0.4 is 4.74 Å². The summed E-state index contributed by atoms with van der Waals surface area (Å²) in [6, 6.07) is 17.5. The number of ether oxygens (including phenoxy) is 1. The summed E-state index contributed by atoms with van der Waals surface area (Å²) in [6.07, 6.45) is 1.66. The van der Waals surface area contributed by atoms with Crippen LogP contribution >= 0.6 is 11.8 Å². The minimum absolute atomic E-state index is 0.572. The number of aromatic nitrogens is 5. The Morgan fingerprint density at radius 1 is 1.07 bits per heavy atom. The van der Waals surface area contributed by atoms with Crippen LogP contribution in [-0.4, -0.2) is 31.8 Å². The fraction of sp³-hybridized carbons (Fsp3) is 0.158. The molecule has 0 aliphatic heterocycles. The van der Waals surface area contributed by atoms with Crippen LogP contribution in [0, 0.1) is 0 Å². The summed E-state index contributed by atoms with van der Waals surface area (Å²) in [5.41, 5.74) is 2.58. The van der Waals surface area contributed by atoms with E-state index in [4.69, 9.17) is 9.15 Å². The monoisotopic (exact) mass is 379 g/mol. The number of benzene rings is 2. The van der Waals surface area contributed by atoms with E-state index < -0.39 is 0 Å². The zero-order chi connectivity index (χ0) is 18.5. The molecule has 0 N–H and O–H groups in total. The topological polar surface area (TPSA) is 78.9 Å². The molecule has 7 nitrogen and oxygen atoms in total. The molecule has 0 aliphatic carbocycles. The van der Waals surface area contributed by atoms with Crippen LogP contribution in [0.2, 0.25) is 0 Å². The number of hydrogen-bond donors (Lipinski definition) is 0. The van der Waals surface area contributed by atoms with Gasteiger partial charge in [0.1, 0.15) is 17.7 Å². The van der Waals surface area contributed by atoms with Crippen molar-refractivity contribution in [3.05, 3.63) is 66.6 Å². The summed E-state index contributed by atoms with van der Waals surface area (Å²) in [4.78, 5) is 4.54. The third kappa shape index (κ3) is 3.85. The highest BCUT2D eigenvalue weighted by Crippen LogP contribution is 2.28. The molecule has 0 atom stereocenters. The lowest BCUT2D eigenvalue weighted by molar-refractivity contribution is 0.337. The molecule has 4 aromatic rings. The third-order valence-electron chi connectivity index (χ3n) is 3.76. The molecule has 0 aliphatic rings. The summed E-state index contributed by atoms with van der Waals surface area (Å²) in [7, 11) is 0. The maximum Gasteiger partial charge on any atom is 0.226 e. The molecule has 27 heavy (non-hydrogen) atoms. The number of oxazole rings is 1. The molecular formula is C19H17N5O2S. The Kier molecular flexibility index (Phi) is 5.15. The first-order valence-corrected chi connectivity index (χ1v) is 9.47. The predicted molar refractivity (Wildman–Crippen MR) is 102 cm³/mol. The first-order valence-electron chi connectivity index (χ1n) is 8.48. The Bertz CT molecular complexity index is 1020. The molecule has 2 heterocycles. The van der Waals surface area contributed by atoms with Crippen molar-refractivity contribution in [3.8, 4) is 22.9 Å². The highest BCUT2D eigenvalue weighted by molar-refractivity contribution is 7.98. The zero-order valence-electron chi connectivity index (χ0n) is 14.6. The summed E-state index contributed by atoms with van der Waals surface area (Å²) >= 11 is 1.49. The van der Waals surface area contributed by atoms with E-state index in [-0.39, 0.29) is 0 Å². The van der Waals surface area contributed by atoms with Crippen LogP contribution in [0.25, 0.3) is 17.1 Å². The van der Waals surface area contributed by atoms with Crippen molar-refractivity contribution < 1.29 is 9.15 Å². The minimum Gasteiger partial charge on any atom is -0.492 e. The molecule has 0 spiro atoms. The fourth-order valence-corrected chi connectivity index (χ4v) is 3.32. The molecule has 136 valence electrons. The van der Waals surface area contributed by atoms with E-state index in [1.54, 1.807) is 10.9 Å². The van der Waals surface area contributed by atoms with E-state index in [2.05, 4.69) is 20.5 Å². The van der Waals surface area contributed by atoms with Crippen LogP contribution in [0.1, 0.15) is 12.6 Å². The average molecular weight is 379 g/mol. The number of hydrogen-bond acceptors (Lipinski definition) is 7. The quantitative estimate of drug-likeness (QED) is 0.449. The standard InChI is InChI=1S/C19H17N5O2S/c1-2-25-17-11-7-6-10-16(17)24-19(21-22-23-24)27-13-15-12-26-18(20-15)14-8-4-3-5-9-14/h3-12H,2,13H2,1H3. The molecule has 0 radical (unpaired) electrons. The Morgan fingerprint density at radius 3 is 2.74 bits per heavy atom. The SMILES string of the molecule is CCOc1ccccc1-n1nnnc1SCc1coc(-c2ccccc2)n1. The van der Waals surface area contributed by atoms with Crippen LogP contribution in [0.15, 0.2) is 70.4 Å². The highest BCUT2D eigenvalue weighted by Gasteiger charge is 2.14. The van der Waals surface area contributed by atoms with E-state index in [9.17, 15) is 0 Å². The van der Waals surface area contributed by atoms with Gasteiger partial charge >= 0.3 is 0 Å². The van der Waals surface area contributed by atoms with Gasteiger partial charge in [-0.25, -0.2) is 4.98 Å². The van der Waals surface area contributed by atoms with Gasteiger partial charge in [-0.1, -0.05) is 42.1 Å². The number of para-hydroxylation sites is 2. The van der Waals surface area contributed by atoms with E-state index in [0.29, 0.717) is 23.4 Å². The number of tetrazole rings is 1. The molecule has 2 aromatic carbocycles. The Morgan fingerprint density at radius 2 is 1.89 bits per heavy atom. The van der Waals surface area contributed by atoms with Gasteiger partial charge in [0.25, 0.3) is 0 Å². The first-order chi connectivity index (χ1) is 13.3. The second kappa shape index (κ2) is 8.05. The number of nitrogens with zero attached hydrogens (tertiary/aromatic N) is 5. The van der Waals surface area contributed by atoms with Crippen molar-refractivity contribution >= 4 is 11.8 Å². The third-order valence-corrected chi connectivity index (χ3v) is 4.71. The van der Waals surface area contributed by atoms with Crippen molar-refractivity contribution in [1.82, 2.24) is 25.2 Å². The van der Waals surface area contributed by atoms with E-state index >= 15 is 0 Å². The molecule has 4 rings (SSSR count). The maximum absolute atomic E-state index is 5.68. The van der Waals surface area contributed by atoms with Gasteiger partial charge in [-0.05, 0) is 41.6 Å². The number of rotatable bonds is 7. The molecule has 2 aromatic heterocycles. The van der Waals surface area contributed by atoms with Gasteiger partial charge in [-0.3, -0.25) is 0 Å². The summed E-state index contributed by atoms with van der Waals surface area (Å²) in [5, 5.41) is 12.7. The number of thioether (sulfide) groups is 1. The molecular weight excluding hydrogens is 362 g/mol. The fourth-order valence-electron chi connectivity index (χ4n) is 2.55. The van der Waals surface area contributed by atoms with Crippen molar-refractivity contribution in [2.24, 2.45) is 0 Å². The predicted octanol–water partition coefficient (Wildman–Crippen LogP) is 4.01. The lowest BCUT2D eigenvalue weighted by Crippen LogP contribution is -2.03. The van der Waals surface area contributed by atoms with Gasteiger partial charge in [0.05, 0.1) is 12.3 Å². The largest absolute Gasteiger partial charge is 0.492 e. The second-order valence-electron chi connectivity index (χ2n) is 5.57. The average Bonchev–Trinajstić information content (AvgIpc) is 3.37. The van der Waals surface area contributed by atoms with Crippen LogP contribution in [0.3, 0.4) is 0 Å². The van der Waals surface area contributed by atoms with Crippen molar-refractivity contribution in [2.45, 2.75) is 17.8 Å². The summed E-state index contributed by atoms with van der Waals surface area (Å²) in [5.74, 6) is 1.93. The summed E-state index contributed by atoms with van der Waals surface area (Å²) in [6.45, 7) is 2.52. The van der Waals surface area contributed by atoms with Gasteiger partial charge in [-0.2, -0.15) is 4.68 Å². The van der Waals surface area contributed by atoms with Gasteiger partial charge in [0.15, 0.2) is 0 Å². The van der Waals surface area contributed by atoms with Gasteiger partial charge < -0.3 is 9.15 Å². The Labute approximate surface area is 160 Å². The molecule has 0 bridgehead atoms. The lowest BCUT2D eigenvalue weighted by atomic mass is 10.2. The molecule has 8 heteroatoms. The first kappa shape index (κ1) is 17.3. The van der Waals surface area contributed by atoms with E-state index in [1.807, 2.05) is 61.5 Å². The van der Waals surface area contributed by atoms with Crippen molar-refractivity contribution in [3.63, 3.8) is 0 Å². The molecule has 0 saturated heterocycles. The van der Waals surface area contributed by atoms with Gasteiger partial charge in [0.2, 0.25) is 11.0 Å². The van der Waals surface area contributed by atoms with Crippen LogP contribution in [-0.2, 0) is 5.75 Å². The molecule has 0 unspecified atom stereocenters. The Hall–Kier alpha value is -3.13. The smallest absolute Gasteiger partial charge is 0.226 e. The van der Waals surface area contributed by atoms with E-state index in [0.717, 1.165) is 22.7 Å².